The summed E-state index contributed by atoms with van der Waals surface area (Å²) in [5, 5.41) is 2.69. The molecule has 0 spiro atoms. The molecule has 0 bridgehead atoms. The Morgan fingerprint density at radius 1 is 1.16 bits per heavy atom. The van der Waals surface area contributed by atoms with Crippen LogP contribution < -0.4 is 11.1 Å². The van der Waals surface area contributed by atoms with Crippen molar-refractivity contribution in [2.45, 2.75) is 19.4 Å². The standard InChI is InChI=1S/C13H19N3O2.ClH/c1-13(2,14)12(18)15-10-7-5-9(6-8-10)11(17)16(3)4;/h5-8H,14H2,1-4H3,(H,15,18);1H. The summed E-state index contributed by atoms with van der Waals surface area (Å²) in [5.41, 5.74) is 5.93. The molecule has 106 valence electrons. The fourth-order valence-corrected chi connectivity index (χ4v) is 1.25. The smallest absolute Gasteiger partial charge is 0.253 e. The summed E-state index contributed by atoms with van der Waals surface area (Å²) in [6, 6.07) is 6.70. The number of anilines is 1. The van der Waals surface area contributed by atoms with Gasteiger partial charge in [-0.25, -0.2) is 0 Å². The summed E-state index contributed by atoms with van der Waals surface area (Å²) in [4.78, 5) is 24.8. The molecule has 0 atom stereocenters. The predicted molar refractivity (Wildman–Crippen MR) is 78.6 cm³/mol. The lowest BCUT2D eigenvalue weighted by Crippen LogP contribution is -2.45. The number of nitrogens with two attached hydrogens (primary N) is 1. The number of amides is 2. The Morgan fingerprint density at radius 3 is 2.00 bits per heavy atom. The van der Waals surface area contributed by atoms with Crippen LogP contribution in [0.2, 0.25) is 0 Å². The molecule has 6 heteroatoms. The van der Waals surface area contributed by atoms with Gasteiger partial charge in [-0.1, -0.05) is 0 Å². The highest BCUT2D eigenvalue weighted by atomic mass is 35.5. The summed E-state index contributed by atoms with van der Waals surface area (Å²) in [6.45, 7) is 3.26. The first-order valence-electron chi connectivity index (χ1n) is 5.64. The second kappa shape index (κ2) is 6.54. The van der Waals surface area contributed by atoms with Gasteiger partial charge in [0, 0.05) is 25.3 Å². The number of hydrogen-bond acceptors (Lipinski definition) is 3. The van der Waals surface area contributed by atoms with Gasteiger partial charge in [0.15, 0.2) is 0 Å². The first-order chi connectivity index (χ1) is 8.21. The van der Waals surface area contributed by atoms with E-state index in [0.29, 0.717) is 11.3 Å². The summed E-state index contributed by atoms with van der Waals surface area (Å²) < 4.78 is 0. The van der Waals surface area contributed by atoms with Gasteiger partial charge in [0.2, 0.25) is 5.91 Å². The van der Waals surface area contributed by atoms with Gasteiger partial charge < -0.3 is 16.0 Å². The van der Waals surface area contributed by atoms with Crippen LogP contribution in [0.4, 0.5) is 5.69 Å². The number of nitrogens with zero attached hydrogens (tertiary/aromatic N) is 1. The molecule has 2 amide bonds. The molecule has 0 aromatic heterocycles. The Bertz CT molecular complexity index is 450. The molecule has 3 N–H and O–H groups in total. The van der Waals surface area contributed by atoms with Crippen molar-refractivity contribution in [2.24, 2.45) is 5.73 Å². The molecule has 0 aliphatic carbocycles. The molecular formula is C13H20ClN3O2. The zero-order valence-electron chi connectivity index (χ0n) is 11.6. The number of halogens is 1. The molecule has 0 fully saturated rings. The number of benzene rings is 1. The van der Waals surface area contributed by atoms with E-state index in [2.05, 4.69) is 5.32 Å². The van der Waals surface area contributed by atoms with Crippen LogP contribution in [-0.4, -0.2) is 36.3 Å². The van der Waals surface area contributed by atoms with Gasteiger partial charge in [-0.2, -0.15) is 0 Å². The van der Waals surface area contributed by atoms with Crippen molar-refractivity contribution in [1.29, 1.82) is 0 Å². The van der Waals surface area contributed by atoms with Crippen molar-refractivity contribution in [3.63, 3.8) is 0 Å². The molecule has 0 unspecified atom stereocenters. The lowest BCUT2D eigenvalue weighted by atomic mass is 10.1. The lowest BCUT2D eigenvalue weighted by Gasteiger charge is -2.18. The minimum atomic E-state index is -0.932. The van der Waals surface area contributed by atoms with E-state index in [1.807, 2.05) is 0 Å². The SMILES string of the molecule is CN(C)C(=O)c1ccc(NC(=O)C(C)(C)N)cc1.Cl. The van der Waals surface area contributed by atoms with E-state index in [0.717, 1.165) is 0 Å². The van der Waals surface area contributed by atoms with E-state index in [4.69, 9.17) is 5.73 Å². The van der Waals surface area contributed by atoms with Gasteiger partial charge in [0.05, 0.1) is 5.54 Å². The van der Waals surface area contributed by atoms with E-state index in [9.17, 15) is 9.59 Å². The molecule has 0 radical (unpaired) electrons. The number of nitrogens with one attached hydrogen (secondary N) is 1. The number of carbonyl (C=O) groups excluding carboxylic acids is 2. The highest BCUT2D eigenvalue weighted by molar-refractivity contribution is 5.98. The summed E-state index contributed by atoms with van der Waals surface area (Å²) >= 11 is 0. The van der Waals surface area contributed by atoms with Crippen LogP contribution in [0.15, 0.2) is 24.3 Å². The largest absolute Gasteiger partial charge is 0.345 e. The summed E-state index contributed by atoms with van der Waals surface area (Å²) in [5.74, 6) is -0.346. The summed E-state index contributed by atoms with van der Waals surface area (Å²) in [7, 11) is 3.38. The van der Waals surface area contributed by atoms with Crippen LogP contribution >= 0.6 is 12.4 Å². The first kappa shape index (κ1) is 17.4. The average molecular weight is 286 g/mol. The third-order valence-electron chi connectivity index (χ3n) is 2.38. The van der Waals surface area contributed by atoms with E-state index < -0.39 is 5.54 Å². The monoisotopic (exact) mass is 285 g/mol. The molecule has 1 aromatic rings. The fraction of sp³-hybridized carbons (Fsp3) is 0.385. The van der Waals surface area contributed by atoms with Gasteiger partial charge in [0.25, 0.3) is 5.91 Å². The molecule has 1 aromatic carbocycles. The minimum Gasteiger partial charge on any atom is -0.345 e. The van der Waals surface area contributed by atoms with Crippen molar-refractivity contribution in [3.8, 4) is 0 Å². The molecule has 0 aliphatic rings. The highest BCUT2D eigenvalue weighted by Crippen LogP contribution is 2.12. The van der Waals surface area contributed by atoms with Crippen molar-refractivity contribution >= 4 is 29.9 Å². The van der Waals surface area contributed by atoms with Crippen LogP contribution in [0.3, 0.4) is 0 Å². The molecule has 5 nitrogen and oxygen atoms in total. The third-order valence-corrected chi connectivity index (χ3v) is 2.38. The lowest BCUT2D eigenvalue weighted by molar-refractivity contribution is -0.120. The Labute approximate surface area is 119 Å². The maximum atomic E-state index is 11.7. The number of rotatable bonds is 3. The van der Waals surface area contributed by atoms with E-state index in [-0.39, 0.29) is 24.2 Å². The average Bonchev–Trinajstić information content (AvgIpc) is 2.27. The Hall–Kier alpha value is -1.59. The Balaban J connectivity index is 0.00000324. The van der Waals surface area contributed by atoms with Crippen LogP contribution in [0.1, 0.15) is 24.2 Å². The molecule has 0 saturated heterocycles. The van der Waals surface area contributed by atoms with Crippen LogP contribution in [-0.2, 0) is 4.79 Å². The van der Waals surface area contributed by atoms with E-state index in [1.165, 1.54) is 4.90 Å². The third kappa shape index (κ3) is 4.89. The summed E-state index contributed by atoms with van der Waals surface area (Å²) in [6.07, 6.45) is 0. The van der Waals surface area contributed by atoms with Gasteiger partial charge in [-0.05, 0) is 38.1 Å². The van der Waals surface area contributed by atoms with Crippen LogP contribution in [0.25, 0.3) is 0 Å². The maximum Gasteiger partial charge on any atom is 0.253 e. The maximum absolute atomic E-state index is 11.7. The molecule has 0 saturated carbocycles. The van der Waals surface area contributed by atoms with Crippen molar-refractivity contribution in [1.82, 2.24) is 4.90 Å². The van der Waals surface area contributed by atoms with Gasteiger partial charge >= 0.3 is 0 Å². The van der Waals surface area contributed by atoms with Gasteiger partial charge in [-0.3, -0.25) is 9.59 Å². The van der Waals surface area contributed by atoms with Crippen molar-refractivity contribution < 1.29 is 9.59 Å². The van der Waals surface area contributed by atoms with Crippen LogP contribution in [0, 0.1) is 0 Å². The highest BCUT2D eigenvalue weighted by Gasteiger charge is 2.21. The number of carbonyl (C=O) groups is 2. The Morgan fingerprint density at radius 2 is 1.63 bits per heavy atom. The Kier molecular flexibility index (Phi) is 5.99. The quantitative estimate of drug-likeness (QED) is 0.883. The van der Waals surface area contributed by atoms with E-state index in [1.54, 1.807) is 52.2 Å². The zero-order chi connectivity index (χ0) is 13.9. The van der Waals surface area contributed by atoms with E-state index >= 15 is 0 Å². The molecule has 0 heterocycles. The van der Waals surface area contributed by atoms with Gasteiger partial charge in [0.1, 0.15) is 0 Å². The topological polar surface area (TPSA) is 75.4 Å². The van der Waals surface area contributed by atoms with Gasteiger partial charge in [-0.15, -0.1) is 12.4 Å². The minimum absolute atomic E-state index is 0. The number of hydrogen-bond donors (Lipinski definition) is 2. The molecule has 19 heavy (non-hydrogen) atoms. The second-order valence-electron chi connectivity index (χ2n) is 4.95. The molecular weight excluding hydrogens is 266 g/mol. The fourth-order valence-electron chi connectivity index (χ4n) is 1.25. The molecule has 1 rings (SSSR count). The predicted octanol–water partition coefficient (Wildman–Crippen LogP) is 1.49. The zero-order valence-corrected chi connectivity index (χ0v) is 12.4. The first-order valence-corrected chi connectivity index (χ1v) is 5.64. The normalized spacial score (nSPS) is 10.4. The van der Waals surface area contributed by atoms with Crippen molar-refractivity contribution in [2.75, 3.05) is 19.4 Å². The second-order valence-corrected chi connectivity index (χ2v) is 4.95. The van der Waals surface area contributed by atoms with Crippen LogP contribution in [0.5, 0.6) is 0 Å². The van der Waals surface area contributed by atoms with Crippen molar-refractivity contribution in [3.05, 3.63) is 29.8 Å². The molecule has 0 aliphatic heterocycles.